The zero-order valence-electron chi connectivity index (χ0n) is 45.5. The van der Waals surface area contributed by atoms with Crippen LogP contribution in [-0.2, 0) is 28.6 Å². The summed E-state index contributed by atoms with van der Waals surface area (Å²) in [4.78, 5) is 38.2. The molecule has 0 spiro atoms. The standard InChI is InChI=1S/C61H116O6/c1-4-7-10-13-16-19-22-25-28-30-31-34-36-39-42-45-48-51-54-60(63)66-57-58(56-65-59(62)53-50-47-44-41-38-35-32-27-24-21-18-15-12-9-6-3)67-61(64)55-52-49-46-43-40-37-33-29-26-23-20-17-14-11-8-5-2/h27,32,58H,4-26,28-31,33-57H2,1-3H3/b32-27-. The molecule has 0 aromatic heterocycles. The first-order valence-corrected chi connectivity index (χ1v) is 30.2. The molecule has 1 unspecified atom stereocenters. The lowest BCUT2D eigenvalue weighted by molar-refractivity contribution is -0.167. The lowest BCUT2D eigenvalue weighted by Crippen LogP contribution is -2.30. The van der Waals surface area contributed by atoms with Crippen LogP contribution in [0, 0.1) is 0 Å². The van der Waals surface area contributed by atoms with Crippen molar-refractivity contribution in [3.63, 3.8) is 0 Å². The zero-order chi connectivity index (χ0) is 48.6. The van der Waals surface area contributed by atoms with Crippen LogP contribution in [-0.4, -0.2) is 37.2 Å². The summed E-state index contributed by atoms with van der Waals surface area (Å²) in [6.45, 7) is 6.70. The number of hydrogen-bond donors (Lipinski definition) is 0. The summed E-state index contributed by atoms with van der Waals surface area (Å²) in [5.74, 6) is -0.847. The van der Waals surface area contributed by atoms with E-state index in [-0.39, 0.29) is 31.1 Å². The predicted octanol–water partition coefficient (Wildman–Crippen LogP) is 20.1. The minimum absolute atomic E-state index is 0.0662. The van der Waals surface area contributed by atoms with E-state index >= 15 is 0 Å². The molecule has 0 fully saturated rings. The van der Waals surface area contributed by atoms with Crippen molar-refractivity contribution < 1.29 is 28.6 Å². The molecule has 0 saturated heterocycles. The minimum atomic E-state index is -0.768. The van der Waals surface area contributed by atoms with Gasteiger partial charge in [0, 0.05) is 19.3 Å². The number of ether oxygens (including phenoxy) is 3. The first kappa shape index (κ1) is 65.1. The molecule has 0 saturated carbocycles. The summed E-state index contributed by atoms with van der Waals surface area (Å²) in [5.41, 5.74) is 0. The smallest absolute Gasteiger partial charge is 0.306 e. The normalized spacial score (nSPS) is 12.0. The highest BCUT2D eigenvalue weighted by molar-refractivity contribution is 5.71. The maximum atomic E-state index is 12.9. The van der Waals surface area contributed by atoms with Crippen molar-refractivity contribution >= 4 is 17.9 Å². The molecule has 0 N–H and O–H groups in total. The van der Waals surface area contributed by atoms with Gasteiger partial charge in [-0.3, -0.25) is 14.4 Å². The fourth-order valence-electron chi connectivity index (χ4n) is 9.21. The third-order valence-electron chi connectivity index (χ3n) is 13.8. The first-order valence-electron chi connectivity index (χ1n) is 30.2. The van der Waals surface area contributed by atoms with Crippen molar-refractivity contribution in [3.05, 3.63) is 12.2 Å². The van der Waals surface area contributed by atoms with Crippen molar-refractivity contribution in [1.82, 2.24) is 0 Å². The monoisotopic (exact) mass is 945 g/mol. The summed E-state index contributed by atoms with van der Waals surface area (Å²) >= 11 is 0. The average molecular weight is 946 g/mol. The summed E-state index contributed by atoms with van der Waals surface area (Å²) in [7, 11) is 0. The highest BCUT2D eigenvalue weighted by atomic mass is 16.6. The van der Waals surface area contributed by atoms with Crippen LogP contribution in [0.3, 0.4) is 0 Å². The van der Waals surface area contributed by atoms with Crippen molar-refractivity contribution in [2.75, 3.05) is 13.2 Å². The highest BCUT2D eigenvalue weighted by Gasteiger charge is 2.19. The van der Waals surface area contributed by atoms with Gasteiger partial charge in [0.2, 0.25) is 0 Å². The van der Waals surface area contributed by atoms with Gasteiger partial charge in [0.15, 0.2) is 6.10 Å². The Morgan fingerprint density at radius 3 is 0.746 bits per heavy atom. The molecule has 0 aromatic carbocycles. The number of rotatable bonds is 56. The third kappa shape index (κ3) is 55.0. The van der Waals surface area contributed by atoms with Crippen molar-refractivity contribution in [3.8, 4) is 0 Å². The number of hydrogen-bond acceptors (Lipinski definition) is 6. The molecule has 0 radical (unpaired) electrons. The van der Waals surface area contributed by atoms with Crippen LogP contribution in [0.1, 0.15) is 342 Å². The van der Waals surface area contributed by atoms with Crippen LogP contribution in [0.2, 0.25) is 0 Å². The largest absolute Gasteiger partial charge is 0.462 e. The van der Waals surface area contributed by atoms with Crippen LogP contribution < -0.4 is 0 Å². The Balaban J connectivity index is 4.31. The van der Waals surface area contributed by atoms with Crippen LogP contribution in [0.4, 0.5) is 0 Å². The number of unbranched alkanes of at least 4 members (excludes halogenated alkanes) is 43. The molecule has 6 nitrogen and oxygen atoms in total. The van der Waals surface area contributed by atoms with E-state index in [4.69, 9.17) is 14.2 Å². The molecule has 0 bridgehead atoms. The van der Waals surface area contributed by atoms with Crippen LogP contribution in [0.5, 0.6) is 0 Å². The Morgan fingerprint density at radius 2 is 0.493 bits per heavy atom. The van der Waals surface area contributed by atoms with E-state index in [0.717, 1.165) is 64.2 Å². The second-order valence-corrected chi connectivity index (χ2v) is 20.6. The quantitative estimate of drug-likeness (QED) is 0.0262. The van der Waals surface area contributed by atoms with Gasteiger partial charge in [-0.25, -0.2) is 0 Å². The van der Waals surface area contributed by atoms with Gasteiger partial charge in [-0.15, -0.1) is 0 Å². The van der Waals surface area contributed by atoms with Gasteiger partial charge >= 0.3 is 17.9 Å². The Labute approximate surface area is 418 Å². The molecule has 1 atom stereocenters. The number of carbonyl (C=O) groups is 3. The summed E-state index contributed by atoms with van der Waals surface area (Å²) < 4.78 is 16.9. The molecule has 6 heteroatoms. The molecule has 0 aliphatic rings. The summed E-state index contributed by atoms with van der Waals surface area (Å²) in [6.07, 6.45) is 64.9. The Kier molecular flexibility index (Phi) is 55.2. The van der Waals surface area contributed by atoms with Crippen LogP contribution in [0.25, 0.3) is 0 Å². The number of allylic oxidation sites excluding steroid dienone is 2. The molecule has 0 aliphatic carbocycles. The zero-order valence-corrected chi connectivity index (χ0v) is 45.5. The van der Waals surface area contributed by atoms with Crippen LogP contribution >= 0.6 is 0 Å². The summed E-state index contributed by atoms with van der Waals surface area (Å²) in [6, 6.07) is 0. The van der Waals surface area contributed by atoms with Gasteiger partial charge in [0.1, 0.15) is 13.2 Å². The van der Waals surface area contributed by atoms with Gasteiger partial charge < -0.3 is 14.2 Å². The maximum absolute atomic E-state index is 12.9. The Bertz CT molecular complexity index is 1040. The van der Waals surface area contributed by atoms with E-state index in [0.29, 0.717) is 19.3 Å². The molecule has 0 rings (SSSR count). The highest BCUT2D eigenvalue weighted by Crippen LogP contribution is 2.18. The van der Waals surface area contributed by atoms with E-state index in [1.54, 1.807) is 0 Å². The molecule has 0 heterocycles. The van der Waals surface area contributed by atoms with Gasteiger partial charge in [-0.1, -0.05) is 290 Å². The SMILES string of the molecule is CCCCCCCC/C=C\CCCCCCCC(=O)OCC(COC(=O)CCCCCCCCCCCCCCCCCCCC)OC(=O)CCCCCCCCCCCCCCCCCC. The molecule has 0 aromatic rings. The second-order valence-electron chi connectivity index (χ2n) is 20.6. The minimum Gasteiger partial charge on any atom is -0.462 e. The maximum Gasteiger partial charge on any atom is 0.306 e. The molecule has 396 valence electrons. The fraction of sp³-hybridized carbons (Fsp3) is 0.918. The van der Waals surface area contributed by atoms with Gasteiger partial charge in [0.25, 0.3) is 0 Å². The fourth-order valence-corrected chi connectivity index (χ4v) is 9.21. The van der Waals surface area contributed by atoms with E-state index in [9.17, 15) is 14.4 Å². The van der Waals surface area contributed by atoms with Crippen LogP contribution in [0.15, 0.2) is 12.2 Å². The summed E-state index contributed by atoms with van der Waals surface area (Å²) in [5, 5.41) is 0. The molecule has 0 aliphatic heterocycles. The molecule has 0 amide bonds. The lowest BCUT2D eigenvalue weighted by atomic mass is 10.0. The van der Waals surface area contributed by atoms with Crippen molar-refractivity contribution in [1.29, 1.82) is 0 Å². The predicted molar refractivity (Wildman–Crippen MR) is 289 cm³/mol. The Morgan fingerprint density at radius 1 is 0.284 bits per heavy atom. The number of carbonyl (C=O) groups excluding carboxylic acids is 3. The van der Waals surface area contributed by atoms with E-state index in [1.807, 2.05) is 0 Å². The lowest BCUT2D eigenvalue weighted by Gasteiger charge is -2.18. The van der Waals surface area contributed by atoms with E-state index in [1.165, 1.54) is 238 Å². The van der Waals surface area contributed by atoms with Gasteiger partial charge in [-0.05, 0) is 44.9 Å². The Hall–Kier alpha value is -1.85. The van der Waals surface area contributed by atoms with Crippen molar-refractivity contribution in [2.24, 2.45) is 0 Å². The second kappa shape index (κ2) is 56.7. The van der Waals surface area contributed by atoms with E-state index in [2.05, 4.69) is 32.9 Å². The third-order valence-corrected chi connectivity index (χ3v) is 13.8. The molecular formula is C61H116O6. The van der Waals surface area contributed by atoms with Gasteiger partial charge in [-0.2, -0.15) is 0 Å². The number of esters is 3. The average Bonchev–Trinajstić information content (AvgIpc) is 3.33. The van der Waals surface area contributed by atoms with Crippen molar-refractivity contribution in [2.45, 2.75) is 348 Å². The molecular weight excluding hydrogens is 829 g/mol. The van der Waals surface area contributed by atoms with Gasteiger partial charge in [0.05, 0.1) is 0 Å². The first-order chi connectivity index (χ1) is 33.0. The molecule has 67 heavy (non-hydrogen) atoms. The topological polar surface area (TPSA) is 78.9 Å². The van der Waals surface area contributed by atoms with E-state index < -0.39 is 6.10 Å².